The zero-order valence-corrected chi connectivity index (χ0v) is 6.63. The molecule has 0 saturated carbocycles. The van der Waals surface area contributed by atoms with Crippen LogP contribution < -0.4 is 16.8 Å². The number of amides is 3. The molecular formula is C5H11N5O2. The van der Waals surface area contributed by atoms with Crippen molar-refractivity contribution in [2.24, 2.45) is 11.5 Å². The number of nitrogens with two attached hydrogens (primary N) is 2. The molecule has 68 valence electrons. The van der Waals surface area contributed by atoms with E-state index in [0.29, 0.717) is 6.54 Å². The molecule has 0 aromatic rings. The molecule has 7 nitrogen and oxygen atoms in total. The average Bonchev–Trinajstić information content (AvgIpc) is 2.08. The van der Waals surface area contributed by atoms with Crippen LogP contribution in [-0.4, -0.2) is 36.4 Å². The van der Waals surface area contributed by atoms with Crippen molar-refractivity contribution >= 4 is 17.9 Å². The molecule has 0 aliphatic carbocycles. The first-order chi connectivity index (χ1) is 5.43. The largest absolute Gasteiger partial charge is 0.352 e. The Morgan fingerprint density at radius 1 is 1.67 bits per heavy atom. The minimum atomic E-state index is -0.833. The lowest BCUT2D eigenvalue weighted by molar-refractivity contribution is -0.118. The molecule has 0 aromatic heterocycles. The molecule has 0 radical (unpaired) electrons. The Bertz CT molecular complexity index is 210. The smallest absolute Gasteiger partial charge is 0.309 e. The fourth-order valence-corrected chi connectivity index (χ4v) is 0.561. The molecule has 0 spiro atoms. The minimum absolute atomic E-state index is 0.0995. The second-order valence-electron chi connectivity index (χ2n) is 2.16. The fourth-order valence-electron chi connectivity index (χ4n) is 0.561. The Hall–Kier alpha value is -1.79. The molecule has 1 saturated heterocycles. The molecule has 1 aliphatic rings. The van der Waals surface area contributed by atoms with Crippen LogP contribution in [-0.2, 0) is 4.79 Å². The van der Waals surface area contributed by atoms with Crippen molar-refractivity contribution in [2.45, 2.75) is 0 Å². The van der Waals surface area contributed by atoms with Gasteiger partial charge in [-0.3, -0.25) is 15.5 Å². The van der Waals surface area contributed by atoms with Crippen molar-refractivity contribution in [3.05, 3.63) is 0 Å². The minimum Gasteiger partial charge on any atom is -0.352 e. The Balaban J connectivity index is 0.000000261. The van der Waals surface area contributed by atoms with Gasteiger partial charge in [-0.15, -0.1) is 0 Å². The molecule has 0 unspecified atom stereocenters. The number of guanidine groups is 1. The van der Waals surface area contributed by atoms with E-state index in [-0.39, 0.29) is 11.9 Å². The molecule has 1 fully saturated rings. The second kappa shape index (κ2) is 4.16. The summed E-state index contributed by atoms with van der Waals surface area (Å²) >= 11 is 0. The van der Waals surface area contributed by atoms with Crippen molar-refractivity contribution < 1.29 is 9.59 Å². The molecule has 1 heterocycles. The molecular weight excluding hydrogens is 162 g/mol. The highest BCUT2D eigenvalue weighted by Crippen LogP contribution is 1.89. The van der Waals surface area contributed by atoms with Crippen LogP contribution in [0.4, 0.5) is 4.79 Å². The third-order valence-electron chi connectivity index (χ3n) is 1.02. The summed E-state index contributed by atoms with van der Waals surface area (Å²) in [5.41, 5.74) is 8.50. The molecule has 1 aliphatic heterocycles. The lowest BCUT2D eigenvalue weighted by atomic mass is 10.6. The van der Waals surface area contributed by atoms with E-state index in [0.717, 1.165) is 0 Å². The maximum Gasteiger partial charge on any atom is 0.309 e. The van der Waals surface area contributed by atoms with E-state index in [9.17, 15) is 4.79 Å². The summed E-state index contributed by atoms with van der Waals surface area (Å²) in [6.45, 7) is 0.318. The van der Waals surface area contributed by atoms with Crippen LogP contribution in [0.2, 0.25) is 0 Å². The molecule has 1 rings (SSSR count). The van der Waals surface area contributed by atoms with Crippen LogP contribution in [0.15, 0.2) is 0 Å². The molecule has 0 aromatic carbocycles. The van der Waals surface area contributed by atoms with E-state index in [1.54, 1.807) is 11.9 Å². The van der Waals surface area contributed by atoms with E-state index >= 15 is 0 Å². The van der Waals surface area contributed by atoms with E-state index in [2.05, 4.69) is 16.8 Å². The lowest BCUT2D eigenvalue weighted by Crippen LogP contribution is -2.25. The predicted octanol–water partition coefficient (Wildman–Crippen LogP) is -1.99. The van der Waals surface area contributed by atoms with Crippen molar-refractivity contribution in [1.29, 1.82) is 5.41 Å². The first-order valence-electron chi connectivity index (χ1n) is 3.08. The number of nitrogens with one attached hydrogen (secondary N) is 2. The van der Waals surface area contributed by atoms with Crippen molar-refractivity contribution in [3.63, 3.8) is 0 Å². The van der Waals surface area contributed by atoms with Crippen LogP contribution in [0.3, 0.4) is 0 Å². The zero-order chi connectivity index (χ0) is 9.72. The van der Waals surface area contributed by atoms with E-state index < -0.39 is 6.03 Å². The van der Waals surface area contributed by atoms with Gasteiger partial charge in [-0.25, -0.2) is 4.79 Å². The second-order valence-corrected chi connectivity index (χ2v) is 2.16. The first kappa shape index (κ1) is 10.2. The number of primary amides is 2. The Morgan fingerprint density at radius 3 is 2.17 bits per heavy atom. The maximum absolute atomic E-state index is 10.4. The monoisotopic (exact) mass is 173 g/mol. The number of urea groups is 1. The van der Waals surface area contributed by atoms with Crippen molar-refractivity contribution in [2.75, 3.05) is 13.6 Å². The summed E-state index contributed by atoms with van der Waals surface area (Å²) in [7, 11) is 1.69. The maximum atomic E-state index is 10.4. The quantitative estimate of drug-likeness (QED) is 0.338. The highest BCUT2D eigenvalue weighted by Gasteiger charge is 2.18. The van der Waals surface area contributed by atoms with Crippen molar-refractivity contribution in [3.8, 4) is 0 Å². The fraction of sp³-hybridized carbons (Fsp3) is 0.400. The summed E-state index contributed by atoms with van der Waals surface area (Å²) in [6.07, 6.45) is 0. The predicted molar refractivity (Wildman–Crippen MR) is 42.3 cm³/mol. The van der Waals surface area contributed by atoms with Gasteiger partial charge in [0.15, 0.2) is 5.96 Å². The third kappa shape index (κ3) is 4.09. The number of carbonyl (C=O) groups excluding carboxylic acids is 2. The van der Waals surface area contributed by atoms with Gasteiger partial charge in [-0.05, 0) is 0 Å². The Kier molecular flexibility index (Phi) is 3.54. The van der Waals surface area contributed by atoms with Gasteiger partial charge in [0.1, 0.15) is 0 Å². The molecule has 0 bridgehead atoms. The highest BCUT2D eigenvalue weighted by atomic mass is 16.2. The van der Waals surface area contributed by atoms with Crippen LogP contribution >= 0.6 is 0 Å². The topological polar surface area (TPSA) is 125 Å². The third-order valence-corrected chi connectivity index (χ3v) is 1.02. The van der Waals surface area contributed by atoms with E-state index in [4.69, 9.17) is 10.2 Å². The van der Waals surface area contributed by atoms with Gasteiger partial charge in [0.05, 0.1) is 6.54 Å². The molecule has 0 atom stereocenters. The summed E-state index contributed by atoms with van der Waals surface area (Å²) in [4.78, 5) is 20.9. The van der Waals surface area contributed by atoms with Crippen LogP contribution in [0.5, 0.6) is 0 Å². The van der Waals surface area contributed by atoms with Gasteiger partial charge in [0, 0.05) is 7.05 Å². The Labute approximate surface area is 69.2 Å². The van der Waals surface area contributed by atoms with Crippen LogP contribution in [0.25, 0.3) is 0 Å². The molecule has 12 heavy (non-hydrogen) atoms. The molecule has 6 N–H and O–H groups in total. The highest BCUT2D eigenvalue weighted by molar-refractivity contribution is 6.02. The number of nitrogens with zero attached hydrogens (tertiary/aromatic N) is 1. The molecule has 3 amide bonds. The van der Waals surface area contributed by atoms with Crippen molar-refractivity contribution in [1.82, 2.24) is 10.2 Å². The number of carbonyl (C=O) groups is 2. The van der Waals surface area contributed by atoms with Gasteiger partial charge in [-0.1, -0.05) is 0 Å². The van der Waals surface area contributed by atoms with Gasteiger partial charge in [0.2, 0.25) is 5.91 Å². The van der Waals surface area contributed by atoms with E-state index in [1.165, 1.54) is 0 Å². The number of rotatable bonds is 0. The van der Waals surface area contributed by atoms with Crippen LogP contribution in [0, 0.1) is 5.41 Å². The standard InChI is InChI=1S/C4H7N3O.CH4N2O/c1-7-2-3(8)6-4(7)5;2-1(3)4/h2H2,1H3,(H2,5,6,8);(H4,2,3,4). The first-order valence-corrected chi connectivity index (χ1v) is 3.08. The summed E-state index contributed by atoms with van der Waals surface area (Å²) in [6, 6.07) is -0.833. The summed E-state index contributed by atoms with van der Waals surface area (Å²) in [5.74, 6) is 0.0903. The van der Waals surface area contributed by atoms with Gasteiger partial charge in [-0.2, -0.15) is 0 Å². The summed E-state index contributed by atoms with van der Waals surface area (Å²) in [5, 5.41) is 9.32. The zero-order valence-electron chi connectivity index (χ0n) is 6.63. The average molecular weight is 173 g/mol. The van der Waals surface area contributed by atoms with E-state index in [1.807, 2.05) is 0 Å². The number of hydrogen-bond acceptors (Lipinski definition) is 3. The van der Waals surface area contributed by atoms with Gasteiger partial charge >= 0.3 is 6.03 Å². The SMILES string of the molecule is CN1CC(=O)NC1=N.NC(N)=O. The van der Waals surface area contributed by atoms with Gasteiger partial charge in [0.25, 0.3) is 0 Å². The number of likely N-dealkylation sites (N-methyl/N-ethyl adjacent to an activating group) is 1. The normalized spacial score (nSPS) is 14.9. The van der Waals surface area contributed by atoms with Crippen LogP contribution in [0.1, 0.15) is 0 Å². The van der Waals surface area contributed by atoms with Gasteiger partial charge < -0.3 is 16.4 Å². The Morgan fingerprint density at radius 2 is 2.08 bits per heavy atom. The molecule has 7 heteroatoms. The lowest BCUT2D eigenvalue weighted by Gasteiger charge is -2.03. The summed E-state index contributed by atoms with van der Waals surface area (Å²) < 4.78 is 0. The number of hydrogen-bond donors (Lipinski definition) is 4.